The van der Waals surface area contributed by atoms with Crippen LogP contribution in [0.2, 0.25) is 5.02 Å². The Balaban J connectivity index is 2.30. The summed E-state index contributed by atoms with van der Waals surface area (Å²) in [6.07, 6.45) is 5.99. The van der Waals surface area contributed by atoms with Gasteiger partial charge in [0.25, 0.3) is 5.56 Å². The van der Waals surface area contributed by atoms with E-state index in [2.05, 4.69) is 16.9 Å². The van der Waals surface area contributed by atoms with Crippen LogP contribution in [0, 0.1) is 5.92 Å². The van der Waals surface area contributed by atoms with E-state index in [1.807, 2.05) is 6.26 Å². The zero-order valence-electron chi connectivity index (χ0n) is 10.8. The summed E-state index contributed by atoms with van der Waals surface area (Å²) in [6.45, 7) is 2.07. The zero-order chi connectivity index (χ0) is 13.6. The first-order valence-electron chi connectivity index (χ1n) is 6.23. The molecule has 2 aromatic heterocycles. The highest BCUT2D eigenvalue weighted by Gasteiger charge is 2.31. The van der Waals surface area contributed by atoms with Crippen LogP contribution in [-0.4, -0.2) is 20.8 Å². The van der Waals surface area contributed by atoms with Crippen molar-refractivity contribution in [3.8, 4) is 0 Å². The average Bonchev–Trinajstić information content (AvgIpc) is 3.23. The number of nitrogens with zero attached hydrogens (tertiary/aromatic N) is 3. The lowest BCUT2D eigenvalue weighted by atomic mass is 10.2. The van der Waals surface area contributed by atoms with Crippen molar-refractivity contribution in [1.29, 1.82) is 0 Å². The Labute approximate surface area is 120 Å². The number of hydrogen-bond donors (Lipinski definition) is 0. The third kappa shape index (κ3) is 2.25. The van der Waals surface area contributed by atoms with Gasteiger partial charge in [-0.25, -0.2) is 9.97 Å². The topological polar surface area (TPSA) is 47.8 Å². The van der Waals surface area contributed by atoms with Gasteiger partial charge < -0.3 is 0 Å². The Hall–Kier alpha value is -1.07. The molecular formula is C13H14ClN3OS. The molecule has 0 radical (unpaired) electrons. The third-order valence-electron chi connectivity index (χ3n) is 3.60. The normalized spacial score (nSPS) is 16.8. The SMILES string of the molecule is CSc1ncc2cc(Cl)c(=O)n(C(C)C3CC3)c2n1. The molecule has 3 rings (SSSR count). The number of fused-ring (bicyclic) bond motifs is 1. The van der Waals surface area contributed by atoms with Gasteiger partial charge in [-0.3, -0.25) is 9.36 Å². The quantitative estimate of drug-likeness (QED) is 0.645. The van der Waals surface area contributed by atoms with E-state index >= 15 is 0 Å². The fraction of sp³-hybridized carbons (Fsp3) is 0.462. The number of hydrogen-bond acceptors (Lipinski definition) is 4. The monoisotopic (exact) mass is 295 g/mol. The van der Waals surface area contributed by atoms with E-state index < -0.39 is 0 Å². The van der Waals surface area contributed by atoms with Gasteiger partial charge in [-0.2, -0.15) is 0 Å². The highest BCUT2D eigenvalue weighted by atomic mass is 35.5. The standard InChI is InChI=1S/C13H14ClN3OS/c1-7(8-3-4-8)17-11-9(5-10(14)12(17)18)6-15-13(16-11)19-2/h5-8H,3-4H2,1-2H3. The number of halogens is 1. The summed E-state index contributed by atoms with van der Waals surface area (Å²) < 4.78 is 1.73. The lowest BCUT2D eigenvalue weighted by Crippen LogP contribution is -2.26. The summed E-state index contributed by atoms with van der Waals surface area (Å²) in [5, 5.41) is 1.72. The fourth-order valence-electron chi connectivity index (χ4n) is 2.34. The first-order valence-corrected chi connectivity index (χ1v) is 7.84. The maximum atomic E-state index is 12.3. The second-order valence-electron chi connectivity index (χ2n) is 4.88. The molecule has 100 valence electrons. The molecule has 0 spiro atoms. The molecule has 2 heterocycles. The molecule has 0 aliphatic heterocycles. The summed E-state index contributed by atoms with van der Waals surface area (Å²) in [4.78, 5) is 21.0. The highest BCUT2D eigenvalue weighted by Crippen LogP contribution is 2.39. The molecule has 1 aliphatic carbocycles. The maximum Gasteiger partial charge on any atom is 0.271 e. The van der Waals surface area contributed by atoms with Crippen molar-refractivity contribution in [2.75, 3.05) is 6.26 Å². The fourth-order valence-corrected chi connectivity index (χ4v) is 2.88. The molecule has 2 aromatic rings. The minimum atomic E-state index is -0.153. The van der Waals surface area contributed by atoms with Crippen molar-refractivity contribution in [2.45, 2.75) is 31.0 Å². The Morgan fingerprint density at radius 3 is 2.89 bits per heavy atom. The first-order chi connectivity index (χ1) is 9.11. The van der Waals surface area contributed by atoms with Crippen LogP contribution in [0.4, 0.5) is 0 Å². The lowest BCUT2D eigenvalue weighted by Gasteiger charge is -2.17. The van der Waals surface area contributed by atoms with E-state index in [4.69, 9.17) is 11.6 Å². The number of aromatic nitrogens is 3. The van der Waals surface area contributed by atoms with E-state index in [9.17, 15) is 4.79 Å². The van der Waals surface area contributed by atoms with Gasteiger partial charge in [0.2, 0.25) is 0 Å². The van der Waals surface area contributed by atoms with Gasteiger partial charge in [0.15, 0.2) is 5.16 Å². The van der Waals surface area contributed by atoms with Crippen LogP contribution in [0.15, 0.2) is 22.2 Å². The Bertz CT molecular complexity index is 696. The lowest BCUT2D eigenvalue weighted by molar-refractivity contribution is 0.482. The molecule has 6 heteroatoms. The van der Waals surface area contributed by atoms with E-state index in [0.29, 0.717) is 16.7 Å². The largest absolute Gasteiger partial charge is 0.288 e. The predicted octanol–water partition coefficient (Wildman–Crippen LogP) is 3.14. The van der Waals surface area contributed by atoms with Crippen LogP contribution >= 0.6 is 23.4 Å². The maximum absolute atomic E-state index is 12.3. The Kier molecular flexibility index (Phi) is 3.27. The van der Waals surface area contributed by atoms with Crippen LogP contribution in [-0.2, 0) is 0 Å². The molecule has 4 nitrogen and oxygen atoms in total. The van der Waals surface area contributed by atoms with Crippen molar-refractivity contribution in [3.63, 3.8) is 0 Å². The molecule has 0 N–H and O–H groups in total. The van der Waals surface area contributed by atoms with Crippen LogP contribution in [0.1, 0.15) is 25.8 Å². The summed E-state index contributed by atoms with van der Waals surface area (Å²) in [5.74, 6) is 0.562. The molecule has 1 atom stereocenters. The van der Waals surface area contributed by atoms with Crippen molar-refractivity contribution in [2.24, 2.45) is 5.92 Å². The average molecular weight is 296 g/mol. The van der Waals surface area contributed by atoms with Crippen molar-refractivity contribution in [1.82, 2.24) is 14.5 Å². The molecule has 19 heavy (non-hydrogen) atoms. The van der Waals surface area contributed by atoms with Gasteiger partial charge in [-0.05, 0) is 38.0 Å². The molecular weight excluding hydrogens is 282 g/mol. The van der Waals surface area contributed by atoms with Crippen LogP contribution in [0.25, 0.3) is 11.0 Å². The molecule has 1 aliphatic rings. The van der Waals surface area contributed by atoms with Gasteiger partial charge in [0.05, 0.1) is 0 Å². The summed E-state index contributed by atoms with van der Waals surface area (Å²) in [7, 11) is 0. The summed E-state index contributed by atoms with van der Waals surface area (Å²) in [5.41, 5.74) is 0.535. The molecule has 1 unspecified atom stereocenters. The van der Waals surface area contributed by atoms with Crippen LogP contribution in [0.5, 0.6) is 0 Å². The molecule has 0 bridgehead atoms. The van der Waals surface area contributed by atoms with E-state index in [0.717, 1.165) is 5.39 Å². The van der Waals surface area contributed by atoms with Gasteiger partial charge in [-0.15, -0.1) is 0 Å². The molecule has 0 aromatic carbocycles. The van der Waals surface area contributed by atoms with Gasteiger partial charge in [0.1, 0.15) is 10.7 Å². The van der Waals surface area contributed by atoms with Crippen LogP contribution in [0.3, 0.4) is 0 Å². The van der Waals surface area contributed by atoms with E-state index in [-0.39, 0.29) is 16.6 Å². The van der Waals surface area contributed by atoms with Crippen LogP contribution < -0.4 is 5.56 Å². The zero-order valence-corrected chi connectivity index (χ0v) is 12.3. The first kappa shape index (κ1) is 12.9. The second kappa shape index (κ2) is 4.80. The number of pyridine rings is 1. The van der Waals surface area contributed by atoms with Gasteiger partial charge in [0, 0.05) is 17.6 Å². The van der Waals surface area contributed by atoms with Crippen molar-refractivity contribution in [3.05, 3.63) is 27.6 Å². The minimum Gasteiger partial charge on any atom is -0.288 e. The van der Waals surface area contributed by atoms with Gasteiger partial charge >= 0.3 is 0 Å². The van der Waals surface area contributed by atoms with Crippen molar-refractivity contribution >= 4 is 34.4 Å². The molecule has 1 fully saturated rings. The summed E-state index contributed by atoms with van der Waals surface area (Å²) in [6, 6.07) is 1.79. The number of rotatable bonds is 3. The Morgan fingerprint density at radius 1 is 1.53 bits per heavy atom. The Morgan fingerprint density at radius 2 is 2.26 bits per heavy atom. The predicted molar refractivity (Wildman–Crippen MR) is 78.0 cm³/mol. The highest BCUT2D eigenvalue weighted by molar-refractivity contribution is 7.98. The second-order valence-corrected chi connectivity index (χ2v) is 6.06. The molecule has 0 saturated heterocycles. The van der Waals surface area contributed by atoms with E-state index in [1.165, 1.54) is 24.6 Å². The van der Waals surface area contributed by atoms with Crippen molar-refractivity contribution < 1.29 is 0 Å². The third-order valence-corrected chi connectivity index (χ3v) is 4.43. The minimum absolute atomic E-state index is 0.137. The smallest absolute Gasteiger partial charge is 0.271 e. The van der Waals surface area contributed by atoms with E-state index in [1.54, 1.807) is 16.8 Å². The number of thioether (sulfide) groups is 1. The summed E-state index contributed by atoms with van der Waals surface area (Å²) >= 11 is 7.51. The molecule has 0 amide bonds. The van der Waals surface area contributed by atoms with Gasteiger partial charge in [-0.1, -0.05) is 23.4 Å². The molecule has 1 saturated carbocycles.